The number of nitro groups is 1. The fourth-order valence-corrected chi connectivity index (χ4v) is 1.73. The van der Waals surface area contributed by atoms with Crippen LogP contribution in [-0.4, -0.2) is 23.4 Å². The van der Waals surface area contributed by atoms with Gasteiger partial charge in [0.05, 0.1) is 4.92 Å². The van der Waals surface area contributed by atoms with Crippen LogP contribution in [0.3, 0.4) is 0 Å². The van der Waals surface area contributed by atoms with Crippen molar-refractivity contribution in [2.24, 2.45) is 5.92 Å². The van der Waals surface area contributed by atoms with Gasteiger partial charge in [0.15, 0.2) is 0 Å². The highest BCUT2D eigenvalue weighted by molar-refractivity contribution is 5.84. The quantitative estimate of drug-likeness (QED) is 0.619. The number of amides is 1. The summed E-state index contributed by atoms with van der Waals surface area (Å²) in [4.78, 5) is 22.3. The minimum Gasteiger partial charge on any atom is -0.373 e. The molecule has 0 aliphatic rings. The first-order valence-corrected chi connectivity index (χ1v) is 6.61. The highest BCUT2D eigenvalue weighted by Gasteiger charge is 2.17. The Morgan fingerprint density at radius 1 is 1.35 bits per heavy atom. The molecule has 0 aliphatic carbocycles. The lowest BCUT2D eigenvalue weighted by molar-refractivity contribution is -0.385. The van der Waals surface area contributed by atoms with Crippen LogP contribution < -0.4 is 10.6 Å². The topological polar surface area (TPSA) is 84.3 Å². The molecule has 1 unspecified atom stereocenters. The summed E-state index contributed by atoms with van der Waals surface area (Å²) in [6, 6.07) is 4.33. The highest BCUT2D eigenvalue weighted by Crippen LogP contribution is 2.25. The Labute approximate surface area is 118 Å². The average molecular weight is 279 g/mol. The Balaban J connectivity index is 2.75. The lowest BCUT2D eigenvalue weighted by atomic mass is 10.1. The first kappa shape index (κ1) is 15.9. The minimum absolute atomic E-state index is 0.0461. The van der Waals surface area contributed by atoms with Gasteiger partial charge in [0.25, 0.3) is 5.69 Å². The van der Waals surface area contributed by atoms with Crippen molar-refractivity contribution in [3.8, 4) is 0 Å². The van der Waals surface area contributed by atoms with Crippen molar-refractivity contribution in [1.82, 2.24) is 5.32 Å². The maximum atomic E-state index is 11.9. The molecule has 1 aromatic carbocycles. The summed E-state index contributed by atoms with van der Waals surface area (Å²) < 4.78 is 0. The third kappa shape index (κ3) is 4.22. The second-order valence-corrected chi connectivity index (χ2v) is 5.21. The number of nitrogens with zero attached hydrogens (tertiary/aromatic N) is 1. The van der Waals surface area contributed by atoms with Crippen LogP contribution in [0.1, 0.15) is 26.3 Å². The first-order chi connectivity index (χ1) is 9.32. The van der Waals surface area contributed by atoms with Crippen molar-refractivity contribution >= 4 is 17.3 Å². The molecule has 1 atom stereocenters. The van der Waals surface area contributed by atoms with E-state index in [1.807, 2.05) is 13.8 Å². The Morgan fingerprint density at radius 3 is 2.55 bits per heavy atom. The summed E-state index contributed by atoms with van der Waals surface area (Å²) in [6.45, 7) is 8.04. The normalized spacial score (nSPS) is 12.1. The Morgan fingerprint density at radius 2 is 2.00 bits per heavy atom. The molecule has 0 fully saturated rings. The van der Waals surface area contributed by atoms with Gasteiger partial charge in [0.1, 0.15) is 6.04 Å². The molecule has 20 heavy (non-hydrogen) atoms. The zero-order valence-corrected chi connectivity index (χ0v) is 12.3. The van der Waals surface area contributed by atoms with Crippen molar-refractivity contribution in [3.63, 3.8) is 0 Å². The molecular weight excluding hydrogens is 258 g/mol. The summed E-state index contributed by atoms with van der Waals surface area (Å²) >= 11 is 0. The molecule has 1 amide bonds. The van der Waals surface area contributed by atoms with E-state index in [2.05, 4.69) is 10.6 Å². The second-order valence-electron chi connectivity index (χ2n) is 5.21. The molecule has 0 aromatic heterocycles. The fraction of sp³-hybridized carbons (Fsp3) is 0.500. The number of nitro benzene ring substituents is 1. The smallest absolute Gasteiger partial charge is 0.274 e. The van der Waals surface area contributed by atoms with Crippen LogP contribution in [0.15, 0.2) is 18.2 Å². The molecule has 2 N–H and O–H groups in total. The van der Waals surface area contributed by atoms with Crippen molar-refractivity contribution in [2.75, 3.05) is 11.9 Å². The summed E-state index contributed by atoms with van der Waals surface area (Å²) in [6.07, 6.45) is 0. The molecule has 0 radical (unpaired) electrons. The molecule has 6 nitrogen and oxygen atoms in total. The number of anilines is 1. The fourth-order valence-electron chi connectivity index (χ4n) is 1.73. The van der Waals surface area contributed by atoms with E-state index in [0.717, 1.165) is 0 Å². The number of carbonyl (C=O) groups excluding carboxylic acids is 1. The molecule has 0 aliphatic heterocycles. The lowest BCUT2D eigenvalue weighted by Crippen LogP contribution is -2.39. The van der Waals surface area contributed by atoms with E-state index in [4.69, 9.17) is 0 Å². The molecule has 0 saturated heterocycles. The van der Waals surface area contributed by atoms with Crippen molar-refractivity contribution in [2.45, 2.75) is 33.7 Å². The molecule has 1 aromatic rings. The number of benzene rings is 1. The SMILES string of the molecule is Cc1c(NC(C)C(=O)NCC(C)C)cccc1[N+](=O)[O-]. The summed E-state index contributed by atoms with van der Waals surface area (Å²) in [5.41, 5.74) is 1.18. The van der Waals surface area contributed by atoms with Crippen LogP contribution in [0.25, 0.3) is 0 Å². The van der Waals surface area contributed by atoms with Gasteiger partial charge in [0, 0.05) is 23.9 Å². The van der Waals surface area contributed by atoms with Gasteiger partial charge in [-0.3, -0.25) is 14.9 Å². The number of hydrogen-bond acceptors (Lipinski definition) is 4. The monoisotopic (exact) mass is 279 g/mol. The van der Waals surface area contributed by atoms with Crippen molar-refractivity contribution in [3.05, 3.63) is 33.9 Å². The van der Waals surface area contributed by atoms with Crippen LogP contribution in [0, 0.1) is 23.0 Å². The van der Waals surface area contributed by atoms with Gasteiger partial charge in [-0.2, -0.15) is 0 Å². The molecule has 0 heterocycles. The third-order valence-corrected chi connectivity index (χ3v) is 2.95. The zero-order chi connectivity index (χ0) is 15.3. The zero-order valence-electron chi connectivity index (χ0n) is 12.3. The predicted octanol–water partition coefficient (Wildman–Crippen LogP) is 2.48. The van der Waals surface area contributed by atoms with Gasteiger partial charge in [-0.1, -0.05) is 19.9 Å². The van der Waals surface area contributed by atoms with E-state index in [9.17, 15) is 14.9 Å². The molecular formula is C14H21N3O3. The van der Waals surface area contributed by atoms with Gasteiger partial charge in [-0.05, 0) is 25.8 Å². The van der Waals surface area contributed by atoms with E-state index in [1.165, 1.54) is 6.07 Å². The molecule has 0 spiro atoms. The van der Waals surface area contributed by atoms with Gasteiger partial charge >= 0.3 is 0 Å². The summed E-state index contributed by atoms with van der Waals surface area (Å²) in [5.74, 6) is 0.260. The van der Waals surface area contributed by atoms with Crippen molar-refractivity contribution < 1.29 is 9.72 Å². The van der Waals surface area contributed by atoms with Crippen LogP contribution in [0.5, 0.6) is 0 Å². The van der Waals surface area contributed by atoms with E-state index in [1.54, 1.807) is 26.0 Å². The third-order valence-electron chi connectivity index (χ3n) is 2.95. The van der Waals surface area contributed by atoms with E-state index in [-0.39, 0.29) is 11.6 Å². The maximum absolute atomic E-state index is 11.9. The largest absolute Gasteiger partial charge is 0.373 e. The van der Waals surface area contributed by atoms with Gasteiger partial charge < -0.3 is 10.6 Å². The van der Waals surface area contributed by atoms with Crippen molar-refractivity contribution in [1.29, 1.82) is 0 Å². The highest BCUT2D eigenvalue weighted by atomic mass is 16.6. The minimum atomic E-state index is -0.450. The average Bonchev–Trinajstić information content (AvgIpc) is 2.37. The number of hydrogen-bond donors (Lipinski definition) is 2. The second kappa shape index (κ2) is 6.88. The Kier molecular flexibility index (Phi) is 5.49. The lowest BCUT2D eigenvalue weighted by Gasteiger charge is -2.17. The summed E-state index contributed by atoms with van der Waals surface area (Å²) in [7, 11) is 0. The first-order valence-electron chi connectivity index (χ1n) is 6.61. The Hall–Kier alpha value is -2.11. The van der Waals surface area contributed by atoms with Gasteiger partial charge in [0.2, 0.25) is 5.91 Å². The van der Waals surface area contributed by atoms with Crippen LogP contribution in [-0.2, 0) is 4.79 Å². The molecule has 6 heteroatoms. The Bertz CT molecular complexity index is 500. The summed E-state index contributed by atoms with van der Waals surface area (Å²) in [5, 5.41) is 16.7. The molecule has 0 saturated carbocycles. The molecule has 110 valence electrons. The van der Waals surface area contributed by atoms with Crippen LogP contribution in [0.2, 0.25) is 0 Å². The van der Waals surface area contributed by atoms with Crippen LogP contribution >= 0.6 is 0 Å². The number of nitrogens with one attached hydrogen (secondary N) is 2. The van der Waals surface area contributed by atoms with E-state index >= 15 is 0 Å². The molecule has 1 rings (SSSR count). The maximum Gasteiger partial charge on any atom is 0.274 e. The predicted molar refractivity (Wildman–Crippen MR) is 78.8 cm³/mol. The van der Waals surface area contributed by atoms with Crippen LogP contribution in [0.4, 0.5) is 11.4 Å². The number of rotatable bonds is 6. The van der Waals surface area contributed by atoms with Gasteiger partial charge in [-0.15, -0.1) is 0 Å². The van der Waals surface area contributed by atoms with Gasteiger partial charge in [-0.25, -0.2) is 0 Å². The van der Waals surface area contributed by atoms with E-state index < -0.39 is 11.0 Å². The number of carbonyl (C=O) groups is 1. The standard InChI is InChI=1S/C14H21N3O3/c1-9(2)8-15-14(18)11(4)16-12-6-5-7-13(10(12)3)17(19)20/h5-7,9,11,16H,8H2,1-4H3,(H,15,18). The van der Waals surface area contributed by atoms with E-state index in [0.29, 0.717) is 23.7 Å². The molecule has 0 bridgehead atoms.